The molecule has 0 aliphatic carbocycles. The van der Waals surface area contributed by atoms with E-state index >= 15 is 0 Å². The van der Waals surface area contributed by atoms with Gasteiger partial charge in [0, 0.05) is 10.6 Å². The average Bonchev–Trinajstić information content (AvgIpc) is 2.72. The Morgan fingerprint density at radius 1 is 1.28 bits per heavy atom. The summed E-state index contributed by atoms with van der Waals surface area (Å²) in [4.78, 5) is 13.5. The van der Waals surface area contributed by atoms with E-state index in [2.05, 4.69) is 5.32 Å². The molecule has 0 spiro atoms. The van der Waals surface area contributed by atoms with Crippen LogP contribution in [0.2, 0.25) is 10.0 Å². The van der Waals surface area contributed by atoms with E-state index < -0.39 is 0 Å². The number of nitrogens with one attached hydrogen (secondary N) is 1. The van der Waals surface area contributed by atoms with Crippen molar-refractivity contribution < 1.29 is 9.90 Å². The van der Waals surface area contributed by atoms with E-state index in [0.29, 0.717) is 10.6 Å². The molecule has 6 heteroatoms. The lowest BCUT2D eigenvalue weighted by Gasteiger charge is -2.06. The van der Waals surface area contributed by atoms with Crippen LogP contribution in [0.25, 0.3) is 0 Å². The molecule has 0 saturated carbocycles. The lowest BCUT2D eigenvalue weighted by Crippen LogP contribution is -2.09. The van der Waals surface area contributed by atoms with Gasteiger partial charge >= 0.3 is 0 Å². The number of amides is 1. The number of anilines is 1. The summed E-state index contributed by atoms with van der Waals surface area (Å²) in [6.45, 7) is 1.93. The maximum absolute atomic E-state index is 11.9. The number of halogens is 2. The van der Waals surface area contributed by atoms with Crippen molar-refractivity contribution in [2.75, 3.05) is 5.32 Å². The Morgan fingerprint density at radius 3 is 2.39 bits per heavy atom. The first kappa shape index (κ1) is 13.2. The third kappa shape index (κ3) is 2.77. The molecule has 0 unspecified atom stereocenters. The molecule has 18 heavy (non-hydrogen) atoms. The van der Waals surface area contributed by atoms with Crippen LogP contribution in [0.15, 0.2) is 24.3 Å². The molecule has 0 aliphatic heterocycles. The van der Waals surface area contributed by atoms with Crippen LogP contribution in [0.5, 0.6) is 5.75 Å². The molecular weight excluding hydrogens is 293 g/mol. The normalized spacial score (nSPS) is 10.4. The van der Waals surface area contributed by atoms with Gasteiger partial charge in [0.2, 0.25) is 0 Å². The molecule has 94 valence electrons. The largest absolute Gasteiger partial charge is 0.505 e. The first-order valence-corrected chi connectivity index (χ1v) is 6.60. The zero-order valence-electron chi connectivity index (χ0n) is 9.33. The van der Waals surface area contributed by atoms with Crippen molar-refractivity contribution in [2.24, 2.45) is 0 Å². The minimum absolute atomic E-state index is 0.0974. The monoisotopic (exact) mass is 301 g/mol. The molecule has 2 rings (SSSR count). The van der Waals surface area contributed by atoms with E-state index in [0.717, 1.165) is 4.88 Å². The quantitative estimate of drug-likeness (QED) is 0.812. The Labute approximate surface area is 118 Å². The van der Waals surface area contributed by atoms with Crippen LogP contribution in [0.1, 0.15) is 14.5 Å². The summed E-state index contributed by atoms with van der Waals surface area (Å²) in [7, 11) is 0. The van der Waals surface area contributed by atoms with Crippen molar-refractivity contribution in [3.05, 3.63) is 44.1 Å². The van der Waals surface area contributed by atoms with Gasteiger partial charge in [-0.2, -0.15) is 0 Å². The number of carbonyl (C=O) groups is 1. The summed E-state index contributed by atoms with van der Waals surface area (Å²) in [5, 5.41) is 12.3. The first-order valence-electron chi connectivity index (χ1n) is 5.03. The Bertz CT molecular complexity index is 587. The number of aryl methyl sites for hydroxylation is 1. The van der Waals surface area contributed by atoms with Crippen LogP contribution < -0.4 is 5.32 Å². The van der Waals surface area contributed by atoms with E-state index in [1.54, 1.807) is 6.07 Å². The van der Waals surface area contributed by atoms with E-state index in [1.807, 2.05) is 13.0 Å². The van der Waals surface area contributed by atoms with E-state index in [-0.39, 0.29) is 21.7 Å². The zero-order valence-corrected chi connectivity index (χ0v) is 11.7. The van der Waals surface area contributed by atoms with Gasteiger partial charge in [0.05, 0.1) is 14.9 Å². The highest BCUT2D eigenvalue weighted by Crippen LogP contribution is 2.34. The number of hydrogen-bond acceptors (Lipinski definition) is 3. The van der Waals surface area contributed by atoms with Gasteiger partial charge in [-0.25, -0.2) is 0 Å². The summed E-state index contributed by atoms with van der Waals surface area (Å²) in [6, 6.07) is 6.51. The number of aromatic hydroxyl groups is 1. The fourth-order valence-corrected chi connectivity index (χ4v) is 2.64. The molecule has 1 aromatic heterocycles. The molecule has 0 atom stereocenters. The molecule has 2 aromatic rings. The van der Waals surface area contributed by atoms with Gasteiger partial charge in [-0.3, -0.25) is 4.79 Å². The van der Waals surface area contributed by atoms with Gasteiger partial charge in [-0.15, -0.1) is 11.3 Å². The fourth-order valence-electron chi connectivity index (χ4n) is 1.39. The predicted octanol–water partition coefficient (Wildman–Crippen LogP) is 4.32. The molecule has 0 aliphatic rings. The Morgan fingerprint density at radius 2 is 1.89 bits per heavy atom. The lowest BCUT2D eigenvalue weighted by molar-refractivity contribution is 0.103. The summed E-state index contributed by atoms with van der Waals surface area (Å²) >= 11 is 12.9. The Balaban J connectivity index is 2.22. The van der Waals surface area contributed by atoms with Crippen LogP contribution in [0, 0.1) is 6.92 Å². The van der Waals surface area contributed by atoms with Gasteiger partial charge in [-0.05, 0) is 31.2 Å². The average molecular weight is 302 g/mol. The minimum atomic E-state index is -0.231. The number of carbonyl (C=O) groups excluding carboxylic acids is 1. The topological polar surface area (TPSA) is 49.3 Å². The fraction of sp³-hybridized carbons (Fsp3) is 0.0833. The van der Waals surface area contributed by atoms with E-state index in [1.165, 1.54) is 23.5 Å². The first-order chi connectivity index (χ1) is 8.47. The maximum Gasteiger partial charge on any atom is 0.265 e. The van der Waals surface area contributed by atoms with Gasteiger partial charge < -0.3 is 10.4 Å². The van der Waals surface area contributed by atoms with Crippen molar-refractivity contribution in [3.8, 4) is 5.75 Å². The molecule has 1 aromatic carbocycles. The van der Waals surface area contributed by atoms with Crippen LogP contribution in [0.4, 0.5) is 5.69 Å². The zero-order chi connectivity index (χ0) is 13.3. The maximum atomic E-state index is 11.9. The highest BCUT2D eigenvalue weighted by Gasteiger charge is 2.11. The summed E-state index contributed by atoms with van der Waals surface area (Å²) in [5.41, 5.74) is 0.443. The summed E-state index contributed by atoms with van der Waals surface area (Å²) in [5.74, 6) is -0.422. The molecule has 3 nitrogen and oxygen atoms in total. The smallest absolute Gasteiger partial charge is 0.265 e. The van der Waals surface area contributed by atoms with Gasteiger partial charge in [0.1, 0.15) is 0 Å². The Hall–Kier alpha value is -1.23. The highest BCUT2D eigenvalue weighted by atomic mass is 35.5. The van der Waals surface area contributed by atoms with Crippen molar-refractivity contribution in [3.63, 3.8) is 0 Å². The van der Waals surface area contributed by atoms with Crippen LogP contribution >= 0.6 is 34.5 Å². The number of thiophene rings is 1. The number of phenolic OH excluding ortho intramolecular Hbond substituents is 1. The summed E-state index contributed by atoms with van der Waals surface area (Å²) in [6.07, 6.45) is 0. The number of rotatable bonds is 2. The summed E-state index contributed by atoms with van der Waals surface area (Å²) < 4.78 is 0. The second-order valence-corrected chi connectivity index (χ2v) is 5.76. The number of hydrogen-bond donors (Lipinski definition) is 2. The Kier molecular flexibility index (Phi) is 3.80. The second kappa shape index (κ2) is 5.18. The van der Waals surface area contributed by atoms with Crippen molar-refractivity contribution in [1.29, 1.82) is 0 Å². The lowest BCUT2D eigenvalue weighted by atomic mass is 10.3. The van der Waals surface area contributed by atoms with Crippen molar-refractivity contribution >= 4 is 46.1 Å². The van der Waals surface area contributed by atoms with Crippen molar-refractivity contribution in [2.45, 2.75) is 6.92 Å². The third-order valence-electron chi connectivity index (χ3n) is 2.24. The van der Waals surface area contributed by atoms with Crippen LogP contribution in [0.3, 0.4) is 0 Å². The minimum Gasteiger partial charge on any atom is -0.505 e. The van der Waals surface area contributed by atoms with E-state index in [4.69, 9.17) is 23.2 Å². The van der Waals surface area contributed by atoms with Crippen molar-refractivity contribution in [1.82, 2.24) is 0 Å². The molecule has 0 bridgehead atoms. The molecule has 0 radical (unpaired) electrons. The molecule has 1 heterocycles. The third-order valence-corrected chi connectivity index (χ3v) is 3.81. The standard InChI is InChI=1S/C12H9Cl2NO2S/c1-6-2-3-10(18-6)12(17)15-7-4-8(13)11(16)9(14)5-7/h2-5,16H,1H3,(H,15,17). The predicted molar refractivity (Wildman–Crippen MR) is 75.1 cm³/mol. The number of benzene rings is 1. The second-order valence-electron chi connectivity index (χ2n) is 3.65. The molecular formula is C12H9Cl2NO2S. The number of phenols is 1. The van der Waals surface area contributed by atoms with Crippen LogP contribution in [-0.4, -0.2) is 11.0 Å². The van der Waals surface area contributed by atoms with E-state index in [9.17, 15) is 9.90 Å². The molecule has 0 saturated heterocycles. The SMILES string of the molecule is Cc1ccc(C(=O)Nc2cc(Cl)c(O)c(Cl)c2)s1. The molecule has 2 N–H and O–H groups in total. The van der Waals surface area contributed by atoms with Gasteiger partial charge in [0.15, 0.2) is 5.75 Å². The van der Waals surface area contributed by atoms with Gasteiger partial charge in [0.25, 0.3) is 5.91 Å². The molecule has 0 fully saturated rings. The highest BCUT2D eigenvalue weighted by molar-refractivity contribution is 7.14. The van der Waals surface area contributed by atoms with Gasteiger partial charge in [-0.1, -0.05) is 23.2 Å². The molecule has 1 amide bonds. The van der Waals surface area contributed by atoms with Crippen LogP contribution in [-0.2, 0) is 0 Å².